The number of nitrogens with one attached hydrogen (secondary N) is 1. The molecule has 20 heavy (non-hydrogen) atoms. The minimum atomic E-state index is 0.600. The van der Waals surface area contributed by atoms with Crippen LogP contribution in [-0.2, 0) is 18.3 Å². The summed E-state index contributed by atoms with van der Waals surface area (Å²) in [5, 5.41) is 4.99. The quantitative estimate of drug-likeness (QED) is 0.422. The molecule has 0 aliphatic heterocycles. The Hall–Kier alpha value is -1.77. The normalized spacial score (nSPS) is 11.4. The van der Waals surface area contributed by atoms with Crippen molar-refractivity contribution in [3.8, 4) is 0 Å². The summed E-state index contributed by atoms with van der Waals surface area (Å²) in [5.41, 5.74) is 3.38. The summed E-state index contributed by atoms with van der Waals surface area (Å²) in [7, 11) is 5.59. The van der Waals surface area contributed by atoms with Gasteiger partial charge in [-0.25, -0.2) is 15.8 Å². The molecule has 0 unspecified atom stereocenters. The minimum absolute atomic E-state index is 0.600. The second-order valence-electron chi connectivity index (χ2n) is 4.72. The first-order valence-corrected chi connectivity index (χ1v) is 6.48. The molecular formula is C12H21N7O. The van der Waals surface area contributed by atoms with E-state index in [1.807, 2.05) is 14.1 Å². The van der Waals surface area contributed by atoms with Gasteiger partial charge in [0.1, 0.15) is 5.82 Å². The molecule has 0 atom stereocenters. The van der Waals surface area contributed by atoms with Gasteiger partial charge >= 0.3 is 0 Å². The summed E-state index contributed by atoms with van der Waals surface area (Å²) in [5.74, 6) is 6.83. The topological polar surface area (TPSA) is 94.1 Å². The number of fused-ring (bicyclic) bond motifs is 1. The number of ether oxygens (including phenoxy) is 1. The predicted octanol–water partition coefficient (Wildman–Crippen LogP) is 0.117. The highest BCUT2D eigenvalue weighted by Crippen LogP contribution is 2.18. The Bertz CT molecular complexity index is 568. The van der Waals surface area contributed by atoms with Crippen LogP contribution in [0.15, 0.2) is 6.20 Å². The number of nitrogens with two attached hydrogens (primary N) is 1. The number of rotatable bonds is 7. The fourth-order valence-corrected chi connectivity index (χ4v) is 2.05. The maximum atomic E-state index is 5.52. The largest absolute Gasteiger partial charge is 0.385 e. The first-order chi connectivity index (χ1) is 9.65. The lowest BCUT2D eigenvalue weighted by molar-refractivity contribution is 0.177. The number of aryl methyl sites for hydroxylation is 1. The molecule has 8 heteroatoms. The van der Waals surface area contributed by atoms with Crippen LogP contribution in [0.3, 0.4) is 0 Å². The Balaban J connectivity index is 2.15. The van der Waals surface area contributed by atoms with E-state index in [0.29, 0.717) is 18.2 Å². The molecule has 0 bridgehead atoms. The molecule has 0 aliphatic carbocycles. The highest BCUT2D eigenvalue weighted by atomic mass is 16.5. The van der Waals surface area contributed by atoms with Crippen molar-refractivity contribution in [2.24, 2.45) is 12.9 Å². The fourth-order valence-electron chi connectivity index (χ4n) is 2.05. The van der Waals surface area contributed by atoms with Crippen LogP contribution in [0.2, 0.25) is 0 Å². The van der Waals surface area contributed by atoms with E-state index >= 15 is 0 Å². The predicted molar refractivity (Wildman–Crippen MR) is 76.9 cm³/mol. The SMILES string of the molecule is COCCCN(C)Cc1nc(NN)c2cnn(C)c2n1. The third-order valence-corrected chi connectivity index (χ3v) is 3.07. The lowest BCUT2D eigenvalue weighted by atomic mass is 10.3. The average molecular weight is 279 g/mol. The van der Waals surface area contributed by atoms with E-state index in [4.69, 9.17) is 10.6 Å². The summed E-state index contributed by atoms with van der Waals surface area (Å²) < 4.78 is 6.76. The van der Waals surface area contributed by atoms with Gasteiger partial charge in [-0.3, -0.25) is 9.58 Å². The number of methoxy groups -OCH3 is 1. The van der Waals surface area contributed by atoms with Crippen LogP contribution in [0.1, 0.15) is 12.2 Å². The molecule has 110 valence electrons. The maximum Gasteiger partial charge on any atom is 0.163 e. The van der Waals surface area contributed by atoms with Crippen molar-refractivity contribution >= 4 is 16.9 Å². The standard InChI is InChI=1S/C12H21N7O/c1-18(5-4-6-20-3)8-10-15-11(17-13)9-7-14-19(2)12(9)16-10/h7H,4-6,8,13H2,1-3H3,(H,15,16,17). The highest BCUT2D eigenvalue weighted by molar-refractivity contribution is 5.86. The zero-order valence-corrected chi connectivity index (χ0v) is 12.1. The number of nitrogen functional groups attached to an aromatic ring is 1. The molecule has 2 aromatic heterocycles. The first-order valence-electron chi connectivity index (χ1n) is 6.48. The summed E-state index contributed by atoms with van der Waals surface area (Å²) in [6.45, 7) is 2.33. The number of hydrogen-bond acceptors (Lipinski definition) is 7. The Morgan fingerprint density at radius 1 is 1.45 bits per heavy atom. The van der Waals surface area contributed by atoms with Crippen LogP contribution >= 0.6 is 0 Å². The Morgan fingerprint density at radius 3 is 2.95 bits per heavy atom. The molecule has 0 spiro atoms. The third-order valence-electron chi connectivity index (χ3n) is 3.07. The van der Waals surface area contributed by atoms with Crippen LogP contribution in [-0.4, -0.2) is 52.0 Å². The second-order valence-corrected chi connectivity index (χ2v) is 4.72. The number of nitrogens with zero attached hydrogens (tertiary/aromatic N) is 5. The van der Waals surface area contributed by atoms with Crippen molar-refractivity contribution in [2.45, 2.75) is 13.0 Å². The molecule has 0 saturated carbocycles. The lowest BCUT2D eigenvalue weighted by Gasteiger charge is -2.15. The Labute approximate surface area is 117 Å². The lowest BCUT2D eigenvalue weighted by Crippen LogP contribution is -2.22. The number of anilines is 1. The van der Waals surface area contributed by atoms with Gasteiger partial charge in [0.25, 0.3) is 0 Å². The first kappa shape index (κ1) is 14.6. The van der Waals surface area contributed by atoms with Crippen molar-refractivity contribution in [3.05, 3.63) is 12.0 Å². The molecule has 3 N–H and O–H groups in total. The number of aromatic nitrogens is 4. The van der Waals surface area contributed by atoms with E-state index < -0.39 is 0 Å². The molecule has 2 heterocycles. The Kier molecular flexibility index (Phi) is 4.83. The van der Waals surface area contributed by atoms with E-state index in [2.05, 4.69) is 25.4 Å². The van der Waals surface area contributed by atoms with Gasteiger partial charge in [0.15, 0.2) is 11.5 Å². The highest BCUT2D eigenvalue weighted by Gasteiger charge is 2.12. The van der Waals surface area contributed by atoms with E-state index in [1.54, 1.807) is 18.0 Å². The van der Waals surface area contributed by atoms with Crippen molar-refractivity contribution < 1.29 is 4.74 Å². The minimum Gasteiger partial charge on any atom is -0.385 e. The van der Waals surface area contributed by atoms with Gasteiger partial charge in [-0.15, -0.1) is 0 Å². The molecule has 2 aromatic rings. The zero-order chi connectivity index (χ0) is 14.5. The van der Waals surface area contributed by atoms with Gasteiger partial charge in [0.2, 0.25) is 0 Å². The van der Waals surface area contributed by atoms with E-state index in [1.165, 1.54) is 0 Å². The maximum absolute atomic E-state index is 5.52. The van der Waals surface area contributed by atoms with Crippen LogP contribution in [0.5, 0.6) is 0 Å². The monoisotopic (exact) mass is 279 g/mol. The van der Waals surface area contributed by atoms with Crippen molar-refractivity contribution in [2.75, 3.05) is 32.7 Å². The second kappa shape index (κ2) is 6.60. The molecule has 0 radical (unpaired) electrons. The van der Waals surface area contributed by atoms with Crippen LogP contribution in [0, 0.1) is 0 Å². The molecule has 0 aromatic carbocycles. The molecule has 0 amide bonds. The van der Waals surface area contributed by atoms with Crippen LogP contribution < -0.4 is 11.3 Å². The summed E-state index contributed by atoms with van der Waals surface area (Å²) >= 11 is 0. The number of hydrazine groups is 1. The fraction of sp³-hybridized carbons (Fsp3) is 0.583. The molecular weight excluding hydrogens is 258 g/mol. The van der Waals surface area contributed by atoms with Gasteiger partial charge in [-0.2, -0.15) is 5.10 Å². The molecule has 0 aliphatic rings. The third kappa shape index (κ3) is 3.21. The molecule has 0 fully saturated rings. The summed E-state index contributed by atoms with van der Waals surface area (Å²) in [6.07, 6.45) is 2.68. The van der Waals surface area contributed by atoms with Crippen molar-refractivity contribution in [1.82, 2.24) is 24.6 Å². The van der Waals surface area contributed by atoms with E-state index in [0.717, 1.165) is 30.6 Å². The number of hydrogen-bond donors (Lipinski definition) is 2. The van der Waals surface area contributed by atoms with Crippen molar-refractivity contribution in [3.63, 3.8) is 0 Å². The van der Waals surface area contributed by atoms with E-state index in [9.17, 15) is 0 Å². The van der Waals surface area contributed by atoms with Crippen LogP contribution in [0.25, 0.3) is 11.0 Å². The summed E-state index contributed by atoms with van der Waals surface area (Å²) in [4.78, 5) is 11.1. The van der Waals surface area contributed by atoms with E-state index in [-0.39, 0.29) is 0 Å². The summed E-state index contributed by atoms with van der Waals surface area (Å²) in [6, 6.07) is 0. The Morgan fingerprint density at radius 2 is 2.25 bits per heavy atom. The molecule has 8 nitrogen and oxygen atoms in total. The van der Waals surface area contributed by atoms with Gasteiger partial charge in [-0.1, -0.05) is 0 Å². The average Bonchev–Trinajstić information content (AvgIpc) is 2.80. The molecule has 2 rings (SSSR count). The smallest absolute Gasteiger partial charge is 0.163 e. The van der Waals surface area contributed by atoms with Gasteiger partial charge < -0.3 is 10.2 Å². The van der Waals surface area contributed by atoms with Crippen molar-refractivity contribution in [1.29, 1.82) is 0 Å². The van der Waals surface area contributed by atoms with Gasteiger partial charge in [-0.05, 0) is 13.5 Å². The molecule has 0 saturated heterocycles. The zero-order valence-electron chi connectivity index (χ0n) is 12.1. The van der Waals surface area contributed by atoms with Gasteiger partial charge in [0, 0.05) is 27.3 Å². The van der Waals surface area contributed by atoms with Gasteiger partial charge in [0.05, 0.1) is 18.1 Å². The van der Waals surface area contributed by atoms with Crippen LogP contribution in [0.4, 0.5) is 5.82 Å².